The van der Waals surface area contributed by atoms with E-state index in [1.807, 2.05) is 18.2 Å². The first-order valence-electron chi connectivity index (χ1n) is 9.10. The van der Waals surface area contributed by atoms with Crippen LogP contribution >= 0.6 is 0 Å². The lowest BCUT2D eigenvalue weighted by atomic mass is 9.75. The number of rotatable bonds is 5. The van der Waals surface area contributed by atoms with E-state index in [-0.39, 0.29) is 18.4 Å². The molecule has 0 spiro atoms. The van der Waals surface area contributed by atoms with Crippen molar-refractivity contribution >= 4 is 16.0 Å². The first kappa shape index (κ1) is 19.3. The number of likely N-dealkylation sites (tertiary alicyclic amines) is 1. The van der Waals surface area contributed by atoms with E-state index < -0.39 is 15.4 Å². The number of nitrogens with zero attached hydrogens (tertiary/aromatic N) is 3. The molecule has 26 heavy (non-hydrogen) atoms. The number of ether oxygens (including phenoxy) is 1. The van der Waals surface area contributed by atoms with Crippen LogP contribution in [-0.4, -0.2) is 67.6 Å². The molecule has 3 heterocycles. The lowest BCUT2D eigenvalue weighted by Crippen LogP contribution is -2.42. The Hall–Kier alpha value is -1.51. The fourth-order valence-electron chi connectivity index (χ4n) is 4.19. The zero-order valence-corrected chi connectivity index (χ0v) is 16.2. The summed E-state index contributed by atoms with van der Waals surface area (Å²) in [4.78, 5) is 19.5. The number of hydrogen-bond acceptors (Lipinski definition) is 6. The second kappa shape index (κ2) is 7.62. The van der Waals surface area contributed by atoms with Gasteiger partial charge in [0.1, 0.15) is 0 Å². The quantitative estimate of drug-likeness (QED) is 0.711. The van der Waals surface area contributed by atoms with Crippen LogP contribution in [0.5, 0.6) is 0 Å². The second-order valence-electron chi connectivity index (χ2n) is 7.29. The van der Waals surface area contributed by atoms with Crippen LogP contribution in [0.15, 0.2) is 24.4 Å². The van der Waals surface area contributed by atoms with Crippen LogP contribution < -0.4 is 0 Å². The minimum Gasteiger partial charge on any atom is -0.466 e. The van der Waals surface area contributed by atoms with Gasteiger partial charge in [0.25, 0.3) is 0 Å². The summed E-state index contributed by atoms with van der Waals surface area (Å²) in [5.41, 5.74) is 0.243. The van der Waals surface area contributed by atoms with Crippen molar-refractivity contribution in [3.63, 3.8) is 0 Å². The summed E-state index contributed by atoms with van der Waals surface area (Å²) < 4.78 is 31.0. The van der Waals surface area contributed by atoms with Gasteiger partial charge in [-0.15, -0.1) is 0 Å². The van der Waals surface area contributed by atoms with Crippen LogP contribution in [0.3, 0.4) is 0 Å². The van der Waals surface area contributed by atoms with Gasteiger partial charge in [-0.1, -0.05) is 6.07 Å². The number of fused-ring (bicyclic) bond motifs is 1. The number of aromatic nitrogens is 1. The largest absolute Gasteiger partial charge is 0.466 e. The van der Waals surface area contributed by atoms with Crippen molar-refractivity contribution in [1.29, 1.82) is 0 Å². The first-order valence-corrected chi connectivity index (χ1v) is 10.9. The van der Waals surface area contributed by atoms with Gasteiger partial charge in [0.05, 0.1) is 24.0 Å². The summed E-state index contributed by atoms with van der Waals surface area (Å²) in [5.74, 6) is -0.321. The molecule has 2 aliphatic heterocycles. The van der Waals surface area contributed by atoms with Crippen molar-refractivity contribution < 1.29 is 17.9 Å². The van der Waals surface area contributed by atoms with Crippen LogP contribution in [0.1, 0.15) is 25.5 Å². The predicted octanol–water partition coefficient (Wildman–Crippen LogP) is 1.12. The van der Waals surface area contributed by atoms with Gasteiger partial charge in [-0.25, -0.2) is 12.7 Å². The molecule has 2 atom stereocenters. The zero-order valence-electron chi connectivity index (χ0n) is 15.4. The highest BCUT2D eigenvalue weighted by Gasteiger charge is 2.55. The van der Waals surface area contributed by atoms with Gasteiger partial charge in [-0.3, -0.25) is 14.7 Å². The number of carbonyl (C=O) groups is 1. The molecule has 0 radical (unpaired) electrons. The van der Waals surface area contributed by atoms with Gasteiger partial charge in [0.2, 0.25) is 10.0 Å². The molecular formula is C18H27N3O4S. The predicted molar refractivity (Wildman–Crippen MR) is 97.7 cm³/mol. The standard InChI is InChI=1S/C18H27N3O4S/c1-3-25-17(22)18-8-6-10-20(13-16-7-4-5-9-19-16)11-15(18)12-21(14-18)26(2,23)24/h4-5,7,9,15H,3,6,8,10-14H2,1-2H3/t15-,18-/m1/s1. The first-order chi connectivity index (χ1) is 12.3. The van der Waals surface area contributed by atoms with Crippen molar-refractivity contribution in [2.24, 2.45) is 11.3 Å². The van der Waals surface area contributed by atoms with Crippen molar-refractivity contribution in [1.82, 2.24) is 14.2 Å². The zero-order chi connectivity index (χ0) is 18.8. The molecule has 0 unspecified atom stereocenters. The molecule has 0 bridgehead atoms. The number of esters is 1. The molecule has 7 nitrogen and oxygen atoms in total. The molecule has 2 fully saturated rings. The van der Waals surface area contributed by atoms with Crippen molar-refractivity contribution in [3.05, 3.63) is 30.1 Å². The minimum absolute atomic E-state index is 0.0671. The topological polar surface area (TPSA) is 79.8 Å². The monoisotopic (exact) mass is 381 g/mol. The summed E-state index contributed by atoms with van der Waals surface area (Å²) in [6, 6.07) is 5.84. The third kappa shape index (κ3) is 3.92. The van der Waals surface area contributed by atoms with Crippen LogP contribution in [0, 0.1) is 11.3 Å². The van der Waals surface area contributed by atoms with E-state index in [1.54, 1.807) is 13.1 Å². The molecule has 1 aromatic heterocycles. The summed E-state index contributed by atoms with van der Waals surface area (Å²) in [6.07, 6.45) is 4.47. The van der Waals surface area contributed by atoms with Gasteiger partial charge in [-0.05, 0) is 38.4 Å². The van der Waals surface area contributed by atoms with Gasteiger partial charge in [0, 0.05) is 38.3 Å². The maximum Gasteiger partial charge on any atom is 0.313 e. The highest BCUT2D eigenvalue weighted by atomic mass is 32.2. The normalized spacial score (nSPS) is 27.7. The van der Waals surface area contributed by atoms with Gasteiger partial charge >= 0.3 is 5.97 Å². The van der Waals surface area contributed by atoms with Gasteiger partial charge < -0.3 is 4.74 Å². The van der Waals surface area contributed by atoms with Gasteiger partial charge in [0.15, 0.2) is 0 Å². The SMILES string of the molecule is CCOC(=O)[C@@]12CCCN(Cc3ccccn3)C[C@@H]1CN(S(C)(=O)=O)C2. The van der Waals surface area contributed by atoms with Crippen molar-refractivity contribution in [2.75, 3.05) is 39.0 Å². The summed E-state index contributed by atoms with van der Waals surface area (Å²) in [5, 5.41) is 0. The molecule has 0 aliphatic carbocycles. The van der Waals surface area contributed by atoms with E-state index in [2.05, 4.69) is 9.88 Å². The van der Waals surface area contributed by atoms with Crippen LogP contribution in [-0.2, 0) is 26.1 Å². The Morgan fingerprint density at radius 3 is 2.85 bits per heavy atom. The van der Waals surface area contributed by atoms with E-state index in [0.717, 1.165) is 18.7 Å². The van der Waals surface area contributed by atoms with Crippen LogP contribution in [0.25, 0.3) is 0 Å². The Labute approximate surface area is 155 Å². The molecule has 0 saturated carbocycles. The molecular weight excluding hydrogens is 354 g/mol. The third-order valence-electron chi connectivity index (χ3n) is 5.50. The summed E-state index contributed by atoms with van der Waals surface area (Å²) >= 11 is 0. The van der Waals surface area contributed by atoms with E-state index in [4.69, 9.17) is 4.74 Å². The average Bonchev–Trinajstić information content (AvgIpc) is 2.87. The highest BCUT2D eigenvalue weighted by molar-refractivity contribution is 7.88. The molecule has 1 aromatic rings. The van der Waals surface area contributed by atoms with Crippen molar-refractivity contribution in [2.45, 2.75) is 26.3 Å². The molecule has 0 aromatic carbocycles. The number of pyridine rings is 1. The molecule has 144 valence electrons. The lowest BCUT2D eigenvalue weighted by Gasteiger charge is -2.31. The fraction of sp³-hybridized carbons (Fsp3) is 0.667. The van der Waals surface area contributed by atoms with Gasteiger partial charge in [-0.2, -0.15) is 0 Å². The molecule has 0 N–H and O–H groups in total. The van der Waals surface area contributed by atoms with Crippen LogP contribution in [0.2, 0.25) is 0 Å². The van der Waals surface area contributed by atoms with E-state index in [9.17, 15) is 13.2 Å². The minimum atomic E-state index is -3.34. The fourth-order valence-corrected chi connectivity index (χ4v) is 5.11. The van der Waals surface area contributed by atoms with Crippen LogP contribution in [0.4, 0.5) is 0 Å². The van der Waals surface area contributed by atoms with E-state index in [0.29, 0.717) is 32.7 Å². The molecule has 2 aliphatic rings. The number of sulfonamides is 1. The maximum atomic E-state index is 12.8. The summed E-state index contributed by atoms with van der Waals surface area (Å²) in [6.45, 7) is 4.94. The molecule has 3 rings (SSSR count). The summed E-state index contributed by atoms with van der Waals surface area (Å²) in [7, 11) is -3.34. The highest BCUT2D eigenvalue weighted by Crippen LogP contribution is 2.44. The lowest BCUT2D eigenvalue weighted by molar-refractivity contribution is -0.157. The number of carbonyl (C=O) groups excluding carboxylic acids is 1. The second-order valence-corrected chi connectivity index (χ2v) is 9.27. The van der Waals surface area contributed by atoms with Crippen molar-refractivity contribution in [3.8, 4) is 0 Å². The Balaban J connectivity index is 1.84. The Kier molecular flexibility index (Phi) is 5.64. The molecule has 8 heteroatoms. The Bertz CT molecular complexity index is 740. The number of hydrogen-bond donors (Lipinski definition) is 0. The smallest absolute Gasteiger partial charge is 0.313 e. The molecule has 2 saturated heterocycles. The van der Waals surface area contributed by atoms with E-state index >= 15 is 0 Å². The Morgan fingerprint density at radius 2 is 2.19 bits per heavy atom. The maximum absolute atomic E-state index is 12.8. The van der Waals surface area contributed by atoms with E-state index in [1.165, 1.54) is 10.6 Å². The Morgan fingerprint density at radius 1 is 1.38 bits per heavy atom. The third-order valence-corrected chi connectivity index (χ3v) is 6.72. The molecule has 0 amide bonds. The average molecular weight is 381 g/mol.